The van der Waals surface area contributed by atoms with Crippen molar-refractivity contribution in [1.29, 1.82) is 0 Å². The van der Waals surface area contributed by atoms with E-state index in [-0.39, 0.29) is 35.9 Å². The Bertz CT molecular complexity index is 705. The van der Waals surface area contributed by atoms with Gasteiger partial charge in [-0.2, -0.15) is 0 Å². The normalized spacial score (nSPS) is 14.0. The van der Waals surface area contributed by atoms with Crippen LogP contribution in [-0.2, 0) is 0 Å². The van der Waals surface area contributed by atoms with E-state index in [1.807, 2.05) is 26.1 Å². The summed E-state index contributed by atoms with van der Waals surface area (Å²) in [6, 6.07) is 5.36. The zero-order valence-corrected chi connectivity index (χ0v) is 18.4. The van der Waals surface area contributed by atoms with E-state index in [9.17, 15) is 0 Å². The zero-order chi connectivity index (χ0) is 17.0. The summed E-state index contributed by atoms with van der Waals surface area (Å²) in [5.74, 6) is 0.632. The summed E-state index contributed by atoms with van der Waals surface area (Å²) in [6.45, 7) is 6.71. The predicted octanol–water partition coefficient (Wildman–Crippen LogP) is 5.15. The molecular weight excluding hydrogens is 478 g/mol. The third-order valence-electron chi connectivity index (χ3n) is 3.39. The number of nitrogens with one attached hydrogen (secondary N) is 1. The molecule has 0 radical (unpaired) electrons. The summed E-state index contributed by atoms with van der Waals surface area (Å²) in [5.41, 5.74) is 6.90. The van der Waals surface area contributed by atoms with Crippen molar-refractivity contribution in [1.82, 2.24) is 10.3 Å². The number of benzene rings is 1. The van der Waals surface area contributed by atoms with Crippen LogP contribution in [0.15, 0.2) is 29.4 Å². The van der Waals surface area contributed by atoms with Gasteiger partial charge in [0.2, 0.25) is 0 Å². The molecule has 0 saturated carbocycles. The first-order chi connectivity index (χ1) is 10.9. The fourth-order valence-electron chi connectivity index (χ4n) is 2.11. The average Bonchev–Trinajstić information content (AvgIpc) is 2.91. The van der Waals surface area contributed by atoms with Crippen molar-refractivity contribution in [3.05, 3.63) is 49.9 Å². The van der Waals surface area contributed by atoms with E-state index in [1.54, 1.807) is 23.5 Å². The molecule has 1 aromatic heterocycles. The highest BCUT2D eigenvalue weighted by Gasteiger charge is 2.12. The number of aromatic nitrogens is 1. The van der Waals surface area contributed by atoms with Crippen LogP contribution >= 0.6 is 58.5 Å². The van der Waals surface area contributed by atoms with Gasteiger partial charge >= 0.3 is 0 Å². The van der Waals surface area contributed by atoms with E-state index in [2.05, 4.69) is 22.2 Å². The van der Waals surface area contributed by atoms with Crippen LogP contribution in [0.1, 0.15) is 41.3 Å². The SMILES string of the molecule is Cc1cnc(C(C)CN=C(N)NC(C)c2ccc(Cl)cc2Cl)s1.I. The summed E-state index contributed by atoms with van der Waals surface area (Å²) in [4.78, 5) is 9.99. The van der Waals surface area contributed by atoms with Crippen LogP contribution in [0.3, 0.4) is 0 Å². The molecule has 0 saturated heterocycles. The van der Waals surface area contributed by atoms with Gasteiger partial charge in [0.1, 0.15) is 0 Å². The highest BCUT2D eigenvalue weighted by molar-refractivity contribution is 14.0. The minimum atomic E-state index is -0.0547. The van der Waals surface area contributed by atoms with Crippen molar-refractivity contribution in [3.8, 4) is 0 Å². The highest BCUT2D eigenvalue weighted by Crippen LogP contribution is 2.26. The minimum Gasteiger partial charge on any atom is -0.370 e. The molecule has 4 nitrogen and oxygen atoms in total. The largest absolute Gasteiger partial charge is 0.370 e. The van der Waals surface area contributed by atoms with Crippen LogP contribution in [-0.4, -0.2) is 17.5 Å². The number of halogens is 3. The summed E-state index contributed by atoms with van der Waals surface area (Å²) < 4.78 is 0. The van der Waals surface area contributed by atoms with E-state index in [1.165, 1.54) is 4.88 Å². The molecule has 1 heterocycles. The first kappa shape index (κ1) is 21.5. The Morgan fingerprint density at radius 2 is 2.08 bits per heavy atom. The van der Waals surface area contributed by atoms with Gasteiger partial charge in [-0.3, -0.25) is 4.99 Å². The molecular formula is C16H21Cl2IN4S. The molecule has 0 aliphatic rings. The van der Waals surface area contributed by atoms with E-state index in [0.717, 1.165) is 10.6 Å². The van der Waals surface area contributed by atoms with Crippen molar-refractivity contribution >= 4 is 64.5 Å². The van der Waals surface area contributed by atoms with Gasteiger partial charge in [-0.15, -0.1) is 35.3 Å². The number of nitrogens with zero attached hydrogens (tertiary/aromatic N) is 2. The molecule has 8 heteroatoms. The molecule has 1 aromatic carbocycles. The molecule has 132 valence electrons. The molecule has 0 amide bonds. The maximum absolute atomic E-state index is 6.21. The summed E-state index contributed by atoms with van der Waals surface area (Å²) in [7, 11) is 0. The second kappa shape index (κ2) is 9.79. The smallest absolute Gasteiger partial charge is 0.189 e. The monoisotopic (exact) mass is 498 g/mol. The lowest BCUT2D eigenvalue weighted by atomic mass is 10.1. The molecule has 24 heavy (non-hydrogen) atoms. The molecule has 0 fully saturated rings. The molecule has 3 N–H and O–H groups in total. The second-order valence-corrected chi connectivity index (χ2v) is 7.58. The molecule has 2 atom stereocenters. The van der Waals surface area contributed by atoms with Crippen LogP contribution in [0.5, 0.6) is 0 Å². The van der Waals surface area contributed by atoms with Gasteiger partial charge in [0.25, 0.3) is 0 Å². The third kappa shape index (κ3) is 6.06. The topological polar surface area (TPSA) is 63.3 Å². The Hall–Kier alpha value is -0.570. The van der Waals surface area contributed by atoms with Crippen molar-refractivity contribution in [3.63, 3.8) is 0 Å². The standard InChI is InChI=1S/C16H20Cl2N4S.HI/c1-9(15-20-8-10(2)23-15)7-21-16(19)22-11(3)13-5-4-12(17)6-14(13)18;/h4-6,8-9,11H,7H2,1-3H3,(H3,19,21,22);1H. The number of thiazole rings is 1. The van der Waals surface area contributed by atoms with Crippen LogP contribution in [0.2, 0.25) is 10.0 Å². The molecule has 2 unspecified atom stereocenters. The maximum Gasteiger partial charge on any atom is 0.189 e. The predicted molar refractivity (Wildman–Crippen MR) is 115 cm³/mol. The van der Waals surface area contributed by atoms with Crippen molar-refractivity contribution in [2.45, 2.75) is 32.7 Å². The molecule has 0 aliphatic carbocycles. The van der Waals surface area contributed by atoms with Crippen LogP contribution in [0.25, 0.3) is 0 Å². The maximum atomic E-state index is 6.21. The number of nitrogens with two attached hydrogens (primary N) is 1. The van der Waals surface area contributed by atoms with E-state index in [4.69, 9.17) is 28.9 Å². The summed E-state index contributed by atoms with van der Waals surface area (Å²) in [6.07, 6.45) is 1.88. The number of guanidine groups is 1. The molecule has 2 aromatic rings. The Morgan fingerprint density at radius 3 is 2.67 bits per heavy atom. The summed E-state index contributed by atoms with van der Waals surface area (Å²) in [5, 5.41) is 5.45. The average molecular weight is 499 g/mol. The number of aliphatic imine (C=N–C) groups is 1. The first-order valence-corrected chi connectivity index (χ1v) is 8.87. The third-order valence-corrected chi connectivity index (χ3v) is 5.10. The Morgan fingerprint density at radius 1 is 1.38 bits per heavy atom. The Balaban J connectivity index is 0.00000288. The van der Waals surface area contributed by atoms with Gasteiger partial charge in [0.15, 0.2) is 5.96 Å². The van der Waals surface area contributed by atoms with Gasteiger partial charge < -0.3 is 11.1 Å². The van der Waals surface area contributed by atoms with Gasteiger partial charge in [-0.1, -0.05) is 36.2 Å². The fourth-order valence-corrected chi connectivity index (χ4v) is 3.50. The quantitative estimate of drug-likeness (QED) is 0.340. The molecule has 0 spiro atoms. The van der Waals surface area contributed by atoms with E-state index < -0.39 is 0 Å². The molecule has 2 rings (SSSR count). The lowest BCUT2D eigenvalue weighted by Crippen LogP contribution is -2.34. The van der Waals surface area contributed by atoms with Crippen LogP contribution in [0.4, 0.5) is 0 Å². The first-order valence-electron chi connectivity index (χ1n) is 7.30. The number of aryl methyl sites for hydroxylation is 1. The van der Waals surface area contributed by atoms with Crippen molar-refractivity contribution in [2.24, 2.45) is 10.7 Å². The molecule has 0 aliphatic heterocycles. The Kier molecular flexibility index (Phi) is 8.76. The number of hydrogen-bond acceptors (Lipinski definition) is 3. The lowest BCUT2D eigenvalue weighted by Gasteiger charge is -2.17. The van der Waals surface area contributed by atoms with Gasteiger partial charge in [0.05, 0.1) is 17.6 Å². The number of hydrogen-bond donors (Lipinski definition) is 2. The minimum absolute atomic E-state index is 0. The number of rotatable bonds is 5. The van der Waals surface area contributed by atoms with Gasteiger partial charge in [-0.05, 0) is 31.5 Å². The Labute approximate surface area is 173 Å². The fraction of sp³-hybridized carbons (Fsp3) is 0.375. The van der Waals surface area contributed by atoms with Crippen molar-refractivity contribution < 1.29 is 0 Å². The molecule has 0 bridgehead atoms. The van der Waals surface area contributed by atoms with Crippen molar-refractivity contribution in [2.75, 3.05) is 6.54 Å². The van der Waals surface area contributed by atoms with Gasteiger partial charge in [-0.25, -0.2) is 4.98 Å². The van der Waals surface area contributed by atoms with E-state index >= 15 is 0 Å². The van der Waals surface area contributed by atoms with Gasteiger partial charge in [0, 0.05) is 27.0 Å². The second-order valence-electron chi connectivity index (χ2n) is 5.47. The lowest BCUT2D eigenvalue weighted by molar-refractivity contribution is 0.698. The van der Waals surface area contributed by atoms with E-state index in [0.29, 0.717) is 22.5 Å². The summed E-state index contributed by atoms with van der Waals surface area (Å²) >= 11 is 13.8. The zero-order valence-electron chi connectivity index (χ0n) is 13.7. The van der Waals surface area contributed by atoms with Crippen LogP contribution in [0, 0.1) is 6.92 Å². The van der Waals surface area contributed by atoms with Crippen LogP contribution < -0.4 is 11.1 Å². The highest BCUT2D eigenvalue weighted by atomic mass is 127.